The van der Waals surface area contributed by atoms with Crippen LogP contribution in [0.25, 0.3) is 5.82 Å². The maximum Gasteiger partial charge on any atom is 0.362 e. The van der Waals surface area contributed by atoms with Gasteiger partial charge in [0.05, 0.1) is 6.61 Å². The molecule has 2 N–H and O–H groups in total. The first kappa shape index (κ1) is 11.1. The Bertz CT molecular complexity index is 543. The van der Waals surface area contributed by atoms with Gasteiger partial charge >= 0.3 is 5.97 Å². The molecule has 0 atom stereocenters. The van der Waals surface area contributed by atoms with Gasteiger partial charge in [0.25, 0.3) is 0 Å². The molecule has 0 saturated heterocycles. The van der Waals surface area contributed by atoms with E-state index in [0.717, 1.165) is 0 Å². The standard InChI is InChI=1S/C9H12N6O2/c1-3-17-9(16)7-8(10)15(13-11-7)6-4-5-14(2)12-6/h4-5H,3,10H2,1-2H3. The van der Waals surface area contributed by atoms with E-state index in [1.54, 1.807) is 30.9 Å². The highest BCUT2D eigenvalue weighted by molar-refractivity contribution is 5.92. The third-order valence-corrected chi connectivity index (χ3v) is 2.09. The van der Waals surface area contributed by atoms with E-state index < -0.39 is 5.97 Å². The Morgan fingerprint density at radius 2 is 2.35 bits per heavy atom. The van der Waals surface area contributed by atoms with Crippen LogP contribution in [0.5, 0.6) is 0 Å². The molecule has 0 aliphatic rings. The average Bonchev–Trinajstić information content (AvgIpc) is 2.85. The van der Waals surface area contributed by atoms with Crippen LogP contribution in [0, 0.1) is 0 Å². The molecule has 8 nitrogen and oxygen atoms in total. The van der Waals surface area contributed by atoms with E-state index in [-0.39, 0.29) is 18.1 Å². The second kappa shape index (κ2) is 4.24. The Morgan fingerprint density at radius 3 is 2.94 bits per heavy atom. The van der Waals surface area contributed by atoms with Gasteiger partial charge < -0.3 is 10.5 Å². The molecule has 0 amide bonds. The number of hydrogen-bond donors (Lipinski definition) is 1. The predicted molar refractivity (Wildman–Crippen MR) is 58.5 cm³/mol. The second-order valence-electron chi connectivity index (χ2n) is 3.30. The molecule has 8 heteroatoms. The number of hydrogen-bond acceptors (Lipinski definition) is 6. The van der Waals surface area contributed by atoms with E-state index in [2.05, 4.69) is 15.4 Å². The van der Waals surface area contributed by atoms with Crippen LogP contribution in [-0.2, 0) is 11.8 Å². The van der Waals surface area contributed by atoms with E-state index in [0.29, 0.717) is 5.82 Å². The number of carbonyl (C=O) groups excluding carboxylic acids is 1. The van der Waals surface area contributed by atoms with Crippen molar-refractivity contribution in [2.75, 3.05) is 12.3 Å². The summed E-state index contributed by atoms with van der Waals surface area (Å²) in [6.45, 7) is 1.96. The molecule has 2 aromatic heterocycles. The van der Waals surface area contributed by atoms with E-state index in [4.69, 9.17) is 10.5 Å². The van der Waals surface area contributed by atoms with Crippen LogP contribution in [0.3, 0.4) is 0 Å². The Labute approximate surface area is 97.0 Å². The number of carbonyl (C=O) groups is 1. The SMILES string of the molecule is CCOC(=O)c1nnn(-c2ccn(C)n2)c1N. The van der Waals surface area contributed by atoms with Gasteiger partial charge in [0.15, 0.2) is 11.6 Å². The third-order valence-electron chi connectivity index (χ3n) is 2.09. The van der Waals surface area contributed by atoms with Gasteiger partial charge in [-0.1, -0.05) is 5.21 Å². The lowest BCUT2D eigenvalue weighted by Crippen LogP contribution is -2.09. The fourth-order valence-corrected chi connectivity index (χ4v) is 1.32. The van der Waals surface area contributed by atoms with Crippen LogP contribution in [0.2, 0.25) is 0 Å². The van der Waals surface area contributed by atoms with E-state index in [1.807, 2.05) is 0 Å². The molecule has 0 radical (unpaired) electrons. The number of aromatic nitrogens is 5. The largest absolute Gasteiger partial charge is 0.461 e. The molecule has 0 unspecified atom stereocenters. The Hall–Kier alpha value is -2.38. The van der Waals surface area contributed by atoms with Gasteiger partial charge in [-0.15, -0.1) is 5.10 Å². The van der Waals surface area contributed by atoms with Gasteiger partial charge in [0.2, 0.25) is 5.69 Å². The highest BCUT2D eigenvalue weighted by Gasteiger charge is 2.20. The number of nitrogens with zero attached hydrogens (tertiary/aromatic N) is 5. The summed E-state index contributed by atoms with van der Waals surface area (Å²) in [6, 6.07) is 1.71. The molecule has 2 aromatic rings. The molecule has 2 heterocycles. The molecule has 0 aliphatic heterocycles. The quantitative estimate of drug-likeness (QED) is 0.738. The molecule has 0 spiro atoms. The number of esters is 1. The minimum Gasteiger partial charge on any atom is -0.461 e. The van der Waals surface area contributed by atoms with Crippen LogP contribution in [-0.4, -0.2) is 37.4 Å². The number of anilines is 1. The van der Waals surface area contributed by atoms with Crippen molar-refractivity contribution in [1.29, 1.82) is 0 Å². The number of nitrogens with two attached hydrogens (primary N) is 1. The van der Waals surface area contributed by atoms with Crippen LogP contribution in [0.15, 0.2) is 12.3 Å². The summed E-state index contributed by atoms with van der Waals surface area (Å²) in [4.78, 5) is 11.5. The van der Waals surface area contributed by atoms with Crippen molar-refractivity contribution in [3.05, 3.63) is 18.0 Å². The number of rotatable bonds is 3. The summed E-state index contributed by atoms with van der Waals surface area (Å²) in [6.07, 6.45) is 1.74. The fourth-order valence-electron chi connectivity index (χ4n) is 1.32. The summed E-state index contributed by atoms with van der Waals surface area (Å²) in [7, 11) is 1.77. The van der Waals surface area contributed by atoms with Gasteiger partial charge in [-0.05, 0) is 6.92 Å². The average molecular weight is 236 g/mol. The molecular formula is C9H12N6O2. The fraction of sp³-hybridized carbons (Fsp3) is 0.333. The minimum absolute atomic E-state index is 0.00231. The highest BCUT2D eigenvalue weighted by atomic mass is 16.5. The van der Waals surface area contributed by atoms with Crippen molar-refractivity contribution in [3.63, 3.8) is 0 Å². The summed E-state index contributed by atoms with van der Waals surface area (Å²) < 4.78 is 7.68. The first-order valence-corrected chi connectivity index (χ1v) is 5.01. The molecular weight excluding hydrogens is 224 g/mol. The van der Waals surface area contributed by atoms with Gasteiger partial charge in [-0.25, -0.2) is 4.79 Å². The van der Waals surface area contributed by atoms with Crippen molar-refractivity contribution < 1.29 is 9.53 Å². The molecule has 0 saturated carbocycles. The van der Waals surface area contributed by atoms with E-state index in [1.165, 1.54) is 4.68 Å². The zero-order valence-electron chi connectivity index (χ0n) is 9.49. The normalized spacial score (nSPS) is 10.5. The van der Waals surface area contributed by atoms with Gasteiger partial charge in [-0.2, -0.15) is 9.78 Å². The predicted octanol–water partition coefficient (Wildman–Crippen LogP) is -0.240. The summed E-state index contributed by atoms with van der Waals surface area (Å²) >= 11 is 0. The number of nitrogen functional groups attached to an aromatic ring is 1. The topological polar surface area (TPSA) is 101 Å². The van der Waals surface area contributed by atoms with Crippen molar-refractivity contribution in [1.82, 2.24) is 24.8 Å². The van der Waals surface area contributed by atoms with Crippen molar-refractivity contribution >= 4 is 11.8 Å². The molecule has 0 fully saturated rings. The van der Waals surface area contributed by atoms with Crippen molar-refractivity contribution in [3.8, 4) is 5.82 Å². The monoisotopic (exact) mass is 236 g/mol. The van der Waals surface area contributed by atoms with Crippen LogP contribution in [0.1, 0.15) is 17.4 Å². The zero-order valence-corrected chi connectivity index (χ0v) is 9.49. The maximum atomic E-state index is 11.5. The molecule has 0 bridgehead atoms. The van der Waals surface area contributed by atoms with Gasteiger partial charge in [-0.3, -0.25) is 4.68 Å². The molecule has 90 valence electrons. The third kappa shape index (κ3) is 1.96. The summed E-state index contributed by atoms with van der Waals surface area (Å²) in [5, 5.41) is 11.6. The maximum absolute atomic E-state index is 11.5. The minimum atomic E-state index is -0.591. The van der Waals surface area contributed by atoms with Gasteiger partial charge in [0.1, 0.15) is 0 Å². The molecule has 2 rings (SSSR count). The number of aryl methyl sites for hydroxylation is 1. The lowest BCUT2D eigenvalue weighted by atomic mass is 10.4. The van der Waals surface area contributed by atoms with E-state index in [9.17, 15) is 4.79 Å². The molecule has 17 heavy (non-hydrogen) atoms. The summed E-state index contributed by atoms with van der Waals surface area (Å²) in [5.74, 6) is 0.0161. The Morgan fingerprint density at radius 1 is 1.59 bits per heavy atom. The first-order valence-electron chi connectivity index (χ1n) is 5.01. The number of ether oxygens (including phenoxy) is 1. The van der Waals surface area contributed by atoms with Gasteiger partial charge in [0, 0.05) is 19.3 Å². The van der Waals surface area contributed by atoms with Crippen LogP contribution < -0.4 is 5.73 Å². The van der Waals surface area contributed by atoms with Crippen LogP contribution >= 0.6 is 0 Å². The molecule has 0 aliphatic carbocycles. The second-order valence-corrected chi connectivity index (χ2v) is 3.30. The smallest absolute Gasteiger partial charge is 0.362 e. The Kier molecular flexibility index (Phi) is 2.77. The Balaban J connectivity index is 2.36. The summed E-state index contributed by atoms with van der Waals surface area (Å²) in [5.41, 5.74) is 5.76. The lowest BCUT2D eigenvalue weighted by molar-refractivity contribution is 0.0520. The first-order chi connectivity index (χ1) is 8.13. The highest BCUT2D eigenvalue weighted by Crippen LogP contribution is 2.13. The van der Waals surface area contributed by atoms with Crippen molar-refractivity contribution in [2.45, 2.75) is 6.92 Å². The molecule has 0 aromatic carbocycles. The van der Waals surface area contributed by atoms with E-state index >= 15 is 0 Å². The zero-order chi connectivity index (χ0) is 12.4. The van der Waals surface area contributed by atoms with Crippen LogP contribution in [0.4, 0.5) is 5.82 Å². The lowest BCUT2D eigenvalue weighted by Gasteiger charge is -1.99. The van der Waals surface area contributed by atoms with Crippen molar-refractivity contribution in [2.24, 2.45) is 7.05 Å².